The van der Waals surface area contributed by atoms with E-state index in [1.807, 2.05) is 0 Å². The second-order valence-electron chi connectivity index (χ2n) is 10.1. The number of fused-ring (bicyclic) bond motifs is 3. The van der Waals surface area contributed by atoms with Crippen LogP contribution < -0.4 is 11.1 Å². The summed E-state index contributed by atoms with van der Waals surface area (Å²) in [6, 6.07) is 7.15. The molecule has 1 saturated carbocycles. The van der Waals surface area contributed by atoms with Gasteiger partial charge in [-0.3, -0.25) is 14.7 Å². The van der Waals surface area contributed by atoms with E-state index in [2.05, 4.69) is 39.3 Å². The summed E-state index contributed by atoms with van der Waals surface area (Å²) in [5.74, 6) is 0.570. The van der Waals surface area contributed by atoms with Crippen LogP contribution in [0.4, 0.5) is 11.6 Å². The molecule has 4 N–H and O–H groups in total. The fourth-order valence-electron chi connectivity index (χ4n) is 5.36. The van der Waals surface area contributed by atoms with Crippen LogP contribution in [0.25, 0.3) is 11.4 Å². The van der Waals surface area contributed by atoms with E-state index in [1.165, 1.54) is 19.3 Å². The standard InChI is InChI=1S/C26H30N6O2/c1-26(2)13-17-14-28-25(27)30-21(17)22-20(26)23(32-31-22)24(34)29-18-10-8-16(9-11-18)19(33)12-15-6-4-3-5-7-15/h8-11,14-15H,3-7,12-13H2,1-2H3,(H,29,34)(H,31,32)(H2,27,28,30). The maximum Gasteiger partial charge on any atom is 0.273 e. The second kappa shape index (κ2) is 8.66. The zero-order valence-corrected chi connectivity index (χ0v) is 19.6. The van der Waals surface area contributed by atoms with Gasteiger partial charge >= 0.3 is 0 Å². The lowest BCUT2D eigenvalue weighted by atomic mass is 9.73. The van der Waals surface area contributed by atoms with Crippen LogP contribution in [0.2, 0.25) is 0 Å². The van der Waals surface area contributed by atoms with Crippen LogP contribution in [0.15, 0.2) is 30.5 Å². The number of carbonyl (C=O) groups is 2. The van der Waals surface area contributed by atoms with Gasteiger partial charge in [0.1, 0.15) is 11.4 Å². The van der Waals surface area contributed by atoms with E-state index in [0.717, 1.165) is 24.0 Å². The number of hydrogen-bond donors (Lipinski definition) is 3. The van der Waals surface area contributed by atoms with Gasteiger partial charge in [-0.15, -0.1) is 0 Å². The van der Waals surface area contributed by atoms with Crippen LogP contribution in [0, 0.1) is 5.92 Å². The van der Waals surface area contributed by atoms with E-state index >= 15 is 0 Å². The highest BCUT2D eigenvalue weighted by molar-refractivity contribution is 6.05. The first-order valence-electron chi connectivity index (χ1n) is 12.0. The third-order valence-electron chi connectivity index (χ3n) is 7.07. The Kier molecular flexibility index (Phi) is 5.67. The number of nitrogens with one attached hydrogen (secondary N) is 2. The minimum absolute atomic E-state index is 0.175. The Morgan fingerprint density at radius 2 is 1.85 bits per heavy atom. The van der Waals surface area contributed by atoms with Crippen molar-refractivity contribution in [2.75, 3.05) is 11.1 Å². The van der Waals surface area contributed by atoms with Crippen LogP contribution in [-0.2, 0) is 11.8 Å². The number of nitrogens with two attached hydrogens (primary N) is 1. The smallest absolute Gasteiger partial charge is 0.273 e. The molecule has 176 valence electrons. The Morgan fingerprint density at radius 3 is 2.59 bits per heavy atom. The summed E-state index contributed by atoms with van der Waals surface area (Å²) in [6.45, 7) is 4.15. The molecule has 2 aromatic heterocycles. The van der Waals surface area contributed by atoms with Gasteiger partial charge in [0.2, 0.25) is 5.95 Å². The molecule has 2 heterocycles. The van der Waals surface area contributed by atoms with Gasteiger partial charge < -0.3 is 11.1 Å². The molecule has 0 radical (unpaired) electrons. The molecular formula is C26H30N6O2. The molecule has 1 aromatic carbocycles. The number of carbonyl (C=O) groups excluding carboxylic acids is 2. The molecule has 3 aromatic rings. The molecule has 1 amide bonds. The summed E-state index contributed by atoms with van der Waals surface area (Å²) in [6.07, 6.45) is 9.04. The predicted octanol–water partition coefficient (Wildman–Crippen LogP) is 4.69. The molecule has 0 unspecified atom stereocenters. The minimum atomic E-state index is -0.336. The highest BCUT2D eigenvalue weighted by Crippen LogP contribution is 2.42. The Balaban J connectivity index is 1.33. The van der Waals surface area contributed by atoms with E-state index in [1.54, 1.807) is 30.5 Å². The molecular weight excluding hydrogens is 428 g/mol. The number of hydrogen-bond acceptors (Lipinski definition) is 6. The number of ketones is 1. The highest BCUT2D eigenvalue weighted by atomic mass is 16.2. The van der Waals surface area contributed by atoms with Gasteiger partial charge in [0.05, 0.1) is 5.69 Å². The average molecular weight is 459 g/mol. The molecule has 0 saturated heterocycles. The number of aromatic nitrogens is 4. The Hall–Kier alpha value is -3.55. The first-order chi connectivity index (χ1) is 16.3. The summed E-state index contributed by atoms with van der Waals surface area (Å²) in [4.78, 5) is 34.3. The Bertz CT molecular complexity index is 1240. The summed E-state index contributed by atoms with van der Waals surface area (Å²) >= 11 is 0. The Morgan fingerprint density at radius 1 is 1.12 bits per heavy atom. The lowest BCUT2D eigenvalue weighted by Gasteiger charge is -2.30. The number of anilines is 2. The minimum Gasteiger partial charge on any atom is -0.368 e. The maximum absolute atomic E-state index is 13.2. The number of H-pyrrole nitrogens is 1. The van der Waals surface area contributed by atoms with Gasteiger partial charge in [-0.25, -0.2) is 9.97 Å². The molecule has 2 aliphatic carbocycles. The molecule has 0 aliphatic heterocycles. The van der Waals surface area contributed by atoms with Crippen LogP contribution in [0.1, 0.15) is 84.3 Å². The summed E-state index contributed by atoms with van der Waals surface area (Å²) in [5, 5.41) is 10.3. The predicted molar refractivity (Wildman–Crippen MR) is 131 cm³/mol. The van der Waals surface area contributed by atoms with E-state index < -0.39 is 0 Å². The van der Waals surface area contributed by atoms with Crippen molar-refractivity contribution in [2.24, 2.45) is 5.92 Å². The normalized spacial score (nSPS) is 17.0. The van der Waals surface area contributed by atoms with Crippen molar-refractivity contribution in [2.45, 2.75) is 64.2 Å². The van der Waals surface area contributed by atoms with Gasteiger partial charge in [0.25, 0.3) is 5.91 Å². The quantitative estimate of drug-likeness (QED) is 0.476. The van der Waals surface area contributed by atoms with E-state index in [-0.39, 0.29) is 23.1 Å². The molecule has 0 atom stereocenters. The van der Waals surface area contributed by atoms with Gasteiger partial charge in [0.15, 0.2) is 5.78 Å². The average Bonchev–Trinajstić information content (AvgIpc) is 3.28. The summed E-state index contributed by atoms with van der Waals surface area (Å²) < 4.78 is 0. The van der Waals surface area contributed by atoms with Gasteiger partial charge in [0, 0.05) is 29.4 Å². The topological polar surface area (TPSA) is 127 Å². The van der Waals surface area contributed by atoms with Crippen molar-refractivity contribution in [3.63, 3.8) is 0 Å². The van der Waals surface area contributed by atoms with Crippen LogP contribution in [0.5, 0.6) is 0 Å². The number of nitrogen functional groups attached to an aromatic ring is 1. The van der Waals surface area contributed by atoms with Crippen molar-refractivity contribution in [1.29, 1.82) is 0 Å². The third kappa shape index (κ3) is 4.20. The van der Waals surface area contributed by atoms with Crippen molar-refractivity contribution < 1.29 is 9.59 Å². The second-order valence-corrected chi connectivity index (χ2v) is 10.1. The molecule has 2 aliphatic rings. The zero-order chi connectivity index (χ0) is 23.9. The monoisotopic (exact) mass is 458 g/mol. The largest absolute Gasteiger partial charge is 0.368 e. The lowest BCUT2D eigenvalue weighted by molar-refractivity contribution is 0.0949. The van der Waals surface area contributed by atoms with Gasteiger partial charge in [-0.05, 0) is 47.6 Å². The molecule has 8 heteroatoms. The van der Waals surface area contributed by atoms with Crippen LogP contribution >= 0.6 is 0 Å². The van der Waals surface area contributed by atoms with Crippen molar-refractivity contribution in [3.05, 3.63) is 52.8 Å². The molecule has 1 fully saturated rings. The summed E-state index contributed by atoms with van der Waals surface area (Å²) in [5.41, 5.74) is 10.3. The van der Waals surface area contributed by atoms with Crippen molar-refractivity contribution in [3.8, 4) is 11.4 Å². The van der Waals surface area contributed by atoms with E-state index in [4.69, 9.17) is 5.73 Å². The molecule has 0 bridgehead atoms. The molecule has 8 nitrogen and oxygen atoms in total. The molecule has 0 spiro atoms. The number of Topliss-reactive ketones (excluding diaryl/α,β-unsaturated/α-hetero) is 1. The van der Waals surface area contributed by atoms with Gasteiger partial charge in [-0.1, -0.05) is 46.0 Å². The number of amides is 1. The van der Waals surface area contributed by atoms with Crippen molar-refractivity contribution >= 4 is 23.3 Å². The first-order valence-corrected chi connectivity index (χ1v) is 12.0. The number of rotatable bonds is 5. The van der Waals surface area contributed by atoms with E-state index in [9.17, 15) is 9.59 Å². The highest BCUT2D eigenvalue weighted by Gasteiger charge is 2.38. The molecule has 5 rings (SSSR count). The number of nitrogens with zero attached hydrogens (tertiary/aromatic N) is 3. The first kappa shape index (κ1) is 22.3. The van der Waals surface area contributed by atoms with Crippen molar-refractivity contribution in [1.82, 2.24) is 20.2 Å². The molecule has 34 heavy (non-hydrogen) atoms. The van der Waals surface area contributed by atoms with E-state index in [0.29, 0.717) is 47.1 Å². The SMILES string of the molecule is CC1(C)Cc2cnc(N)nc2-c2n[nH]c(C(=O)Nc3ccc(C(=O)CC4CCCCC4)cc3)c21. The number of aromatic amines is 1. The van der Waals surface area contributed by atoms with Crippen LogP contribution in [0.3, 0.4) is 0 Å². The Labute approximate surface area is 198 Å². The lowest BCUT2D eigenvalue weighted by Crippen LogP contribution is -2.29. The van der Waals surface area contributed by atoms with Gasteiger partial charge in [-0.2, -0.15) is 5.10 Å². The summed E-state index contributed by atoms with van der Waals surface area (Å²) in [7, 11) is 0. The number of benzene rings is 1. The maximum atomic E-state index is 13.2. The third-order valence-corrected chi connectivity index (χ3v) is 7.07. The zero-order valence-electron chi connectivity index (χ0n) is 19.6. The fraction of sp³-hybridized carbons (Fsp3) is 0.423. The fourth-order valence-corrected chi connectivity index (χ4v) is 5.36. The van der Waals surface area contributed by atoms with Crippen LogP contribution in [-0.4, -0.2) is 31.9 Å².